The van der Waals surface area contributed by atoms with Crippen LogP contribution in [-0.4, -0.2) is 31.3 Å². The lowest BCUT2D eigenvalue weighted by Crippen LogP contribution is -2.09. The number of ether oxygens (including phenoxy) is 2. The Morgan fingerprint density at radius 2 is 2.06 bits per heavy atom. The number of esters is 1. The summed E-state index contributed by atoms with van der Waals surface area (Å²) in [4.78, 5) is 25.1. The Hall–Kier alpha value is -2.73. The summed E-state index contributed by atoms with van der Waals surface area (Å²) in [6, 6.07) is 2.47. The molecule has 0 aliphatic rings. The molecular weight excluding hydrogens is 242 g/mol. The minimum atomic E-state index is -1.37. The predicted molar refractivity (Wildman–Crippen MR) is 60.1 cm³/mol. The average Bonchev–Trinajstić information content (AvgIpc) is 2.37. The summed E-state index contributed by atoms with van der Waals surface area (Å²) in [7, 11) is 2.36. The third-order valence-electron chi connectivity index (χ3n) is 2.11. The minimum absolute atomic E-state index is 0.0608. The lowest BCUT2D eigenvalue weighted by Gasteiger charge is -2.11. The molecular formula is C10H9N3O5. The van der Waals surface area contributed by atoms with Crippen molar-refractivity contribution in [1.29, 1.82) is 0 Å². The second-order valence-electron chi connectivity index (χ2n) is 3.03. The Bertz CT molecular complexity index is 549. The van der Waals surface area contributed by atoms with E-state index in [1.807, 2.05) is 0 Å². The number of carboxylic acids is 1. The Kier molecular flexibility index (Phi) is 4.11. The van der Waals surface area contributed by atoms with Crippen molar-refractivity contribution in [2.24, 2.45) is 5.11 Å². The zero-order valence-electron chi connectivity index (χ0n) is 9.58. The molecule has 0 saturated carbocycles. The third kappa shape index (κ3) is 2.33. The molecule has 0 bridgehead atoms. The monoisotopic (exact) mass is 251 g/mol. The van der Waals surface area contributed by atoms with Gasteiger partial charge in [0.1, 0.15) is 16.9 Å². The summed E-state index contributed by atoms with van der Waals surface area (Å²) in [6.07, 6.45) is 0. The molecule has 1 rings (SSSR count). The predicted octanol–water partition coefficient (Wildman–Crippen LogP) is 2.12. The van der Waals surface area contributed by atoms with E-state index in [1.165, 1.54) is 19.2 Å². The van der Waals surface area contributed by atoms with Gasteiger partial charge in [-0.3, -0.25) is 0 Å². The quantitative estimate of drug-likeness (QED) is 0.380. The van der Waals surface area contributed by atoms with E-state index in [-0.39, 0.29) is 17.0 Å². The molecule has 8 nitrogen and oxygen atoms in total. The highest BCUT2D eigenvalue weighted by Crippen LogP contribution is 2.33. The molecule has 0 spiro atoms. The van der Waals surface area contributed by atoms with Gasteiger partial charge in [-0.15, -0.1) is 0 Å². The number of hydrogen-bond acceptors (Lipinski definition) is 5. The van der Waals surface area contributed by atoms with Crippen LogP contribution < -0.4 is 4.74 Å². The van der Waals surface area contributed by atoms with Gasteiger partial charge >= 0.3 is 11.9 Å². The van der Waals surface area contributed by atoms with Gasteiger partial charge in [0.15, 0.2) is 0 Å². The first-order valence-corrected chi connectivity index (χ1v) is 4.64. The molecule has 1 N–H and O–H groups in total. The fourth-order valence-electron chi connectivity index (χ4n) is 1.39. The van der Waals surface area contributed by atoms with Gasteiger partial charge < -0.3 is 14.6 Å². The van der Waals surface area contributed by atoms with Crippen LogP contribution in [0.25, 0.3) is 10.4 Å². The maximum atomic E-state index is 11.4. The topological polar surface area (TPSA) is 122 Å². The number of carbonyl (C=O) groups is 2. The van der Waals surface area contributed by atoms with Crippen molar-refractivity contribution in [2.45, 2.75) is 0 Å². The van der Waals surface area contributed by atoms with Crippen molar-refractivity contribution >= 4 is 17.6 Å². The van der Waals surface area contributed by atoms with Gasteiger partial charge in [0.2, 0.25) is 0 Å². The van der Waals surface area contributed by atoms with Gasteiger partial charge in [0.05, 0.1) is 19.9 Å². The highest BCUT2D eigenvalue weighted by atomic mass is 16.5. The molecule has 0 radical (unpaired) electrons. The molecule has 0 amide bonds. The van der Waals surface area contributed by atoms with Gasteiger partial charge in [-0.25, -0.2) is 9.59 Å². The van der Waals surface area contributed by atoms with E-state index in [9.17, 15) is 9.59 Å². The Labute approximate surface area is 101 Å². The maximum absolute atomic E-state index is 11.4. The standard InChI is InChI=1S/C10H9N3O5/c1-17-8-5(10(16)18-2)3-4-6(12-13-11)7(8)9(14)15/h3-4H,1-2H3,(H,14,15). The molecule has 0 unspecified atom stereocenters. The zero-order valence-corrected chi connectivity index (χ0v) is 9.58. The van der Waals surface area contributed by atoms with Crippen LogP contribution >= 0.6 is 0 Å². The van der Waals surface area contributed by atoms with Crippen LogP contribution in [0.3, 0.4) is 0 Å². The summed E-state index contributed by atoms with van der Waals surface area (Å²) in [5.74, 6) is -2.33. The molecule has 1 aromatic carbocycles. The fraction of sp³-hybridized carbons (Fsp3) is 0.200. The van der Waals surface area contributed by atoms with Crippen LogP contribution in [0.1, 0.15) is 20.7 Å². The molecule has 94 valence electrons. The highest BCUT2D eigenvalue weighted by Gasteiger charge is 2.23. The number of carboxylic acid groups (broad SMARTS) is 1. The lowest BCUT2D eigenvalue weighted by atomic mass is 10.1. The molecule has 0 fully saturated rings. The number of rotatable bonds is 4. The van der Waals surface area contributed by atoms with Gasteiger partial charge in [-0.2, -0.15) is 0 Å². The van der Waals surface area contributed by atoms with Crippen LogP contribution in [-0.2, 0) is 4.74 Å². The van der Waals surface area contributed by atoms with Gasteiger partial charge in [0, 0.05) is 4.91 Å². The summed E-state index contributed by atoms with van der Waals surface area (Å²) in [5.41, 5.74) is 7.75. The van der Waals surface area contributed by atoms with Crippen molar-refractivity contribution in [3.63, 3.8) is 0 Å². The third-order valence-corrected chi connectivity index (χ3v) is 2.11. The van der Waals surface area contributed by atoms with Gasteiger partial charge in [0.25, 0.3) is 0 Å². The number of azide groups is 1. The van der Waals surface area contributed by atoms with E-state index in [2.05, 4.69) is 14.8 Å². The normalized spacial score (nSPS) is 9.22. The van der Waals surface area contributed by atoms with E-state index < -0.39 is 17.5 Å². The second-order valence-corrected chi connectivity index (χ2v) is 3.03. The second kappa shape index (κ2) is 5.55. The van der Waals surface area contributed by atoms with Crippen LogP contribution in [0.15, 0.2) is 17.2 Å². The molecule has 0 saturated heterocycles. The SMILES string of the molecule is COC(=O)c1ccc(N=[N+]=[N-])c(C(=O)O)c1OC. The molecule has 1 aromatic rings. The Balaban J connectivity index is 3.62. The first kappa shape index (κ1) is 13.3. The molecule has 0 atom stereocenters. The summed E-state index contributed by atoms with van der Waals surface area (Å²) in [5, 5.41) is 12.3. The largest absolute Gasteiger partial charge is 0.495 e. The number of carbonyl (C=O) groups excluding carboxylic acids is 1. The van der Waals surface area contributed by atoms with E-state index >= 15 is 0 Å². The van der Waals surface area contributed by atoms with E-state index in [1.54, 1.807) is 0 Å². The number of benzene rings is 1. The minimum Gasteiger partial charge on any atom is -0.495 e. The van der Waals surface area contributed by atoms with Crippen LogP contribution in [0.2, 0.25) is 0 Å². The van der Waals surface area contributed by atoms with E-state index in [0.717, 1.165) is 7.11 Å². The molecule has 0 aromatic heterocycles. The van der Waals surface area contributed by atoms with Gasteiger partial charge in [-0.05, 0) is 11.6 Å². The fourth-order valence-corrected chi connectivity index (χ4v) is 1.39. The number of hydrogen-bond donors (Lipinski definition) is 1. The van der Waals surface area contributed by atoms with Crippen molar-refractivity contribution in [3.05, 3.63) is 33.7 Å². The smallest absolute Gasteiger partial charge is 0.341 e. The number of methoxy groups -OCH3 is 2. The first-order chi connectivity index (χ1) is 8.56. The van der Waals surface area contributed by atoms with E-state index in [4.69, 9.17) is 15.4 Å². The van der Waals surface area contributed by atoms with E-state index in [0.29, 0.717) is 0 Å². The summed E-state index contributed by atoms with van der Waals surface area (Å²) >= 11 is 0. The molecule has 0 aliphatic heterocycles. The van der Waals surface area contributed by atoms with Crippen molar-refractivity contribution in [3.8, 4) is 5.75 Å². The first-order valence-electron chi connectivity index (χ1n) is 4.64. The van der Waals surface area contributed by atoms with Crippen LogP contribution in [0, 0.1) is 0 Å². The van der Waals surface area contributed by atoms with Gasteiger partial charge in [-0.1, -0.05) is 11.2 Å². The summed E-state index contributed by atoms with van der Waals surface area (Å²) in [6.45, 7) is 0. The maximum Gasteiger partial charge on any atom is 0.341 e. The number of aromatic carboxylic acids is 1. The Morgan fingerprint density at radius 1 is 1.39 bits per heavy atom. The zero-order chi connectivity index (χ0) is 13.7. The molecule has 8 heteroatoms. The number of nitrogens with zero attached hydrogens (tertiary/aromatic N) is 3. The molecule has 0 heterocycles. The average molecular weight is 251 g/mol. The van der Waals surface area contributed by atoms with Crippen LogP contribution in [0.5, 0.6) is 5.75 Å². The molecule has 18 heavy (non-hydrogen) atoms. The Morgan fingerprint density at radius 3 is 2.50 bits per heavy atom. The van der Waals surface area contributed by atoms with Crippen molar-refractivity contribution < 1.29 is 24.2 Å². The van der Waals surface area contributed by atoms with Crippen molar-refractivity contribution in [2.75, 3.05) is 14.2 Å². The molecule has 0 aliphatic carbocycles. The van der Waals surface area contributed by atoms with Crippen LogP contribution in [0.4, 0.5) is 5.69 Å². The lowest BCUT2D eigenvalue weighted by molar-refractivity contribution is 0.0597. The van der Waals surface area contributed by atoms with Crippen molar-refractivity contribution in [1.82, 2.24) is 0 Å². The highest BCUT2D eigenvalue weighted by molar-refractivity contribution is 6.03. The summed E-state index contributed by atoms with van der Waals surface area (Å²) < 4.78 is 9.38.